The summed E-state index contributed by atoms with van der Waals surface area (Å²) in [5.74, 6) is 0. The number of rotatable bonds is 2. The molecule has 0 saturated carbocycles. The first-order valence-corrected chi connectivity index (χ1v) is 3.20. The van der Waals surface area contributed by atoms with Crippen molar-refractivity contribution in [1.82, 2.24) is 0 Å². The van der Waals surface area contributed by atoms with Gasteiger partial charge in [0.25, 0.3) is 0 Å². The maximum absolute atomic E-state index is 5.57. The van der Waals surface area contributed by atoms with Gasteiger partial charge in [0, 0.05) is 5.03 Å². The molecule has 0 rings (SSSR count). The molecule has 0 aromatic heterocycles. The molecule has 0 amide bonds. The number of hydrogen-bond acceptors (Lipinski definition) is 0. The molecule has 50 valence electrons. The summed E-state index contributed by atoms with van der Waals surface area (Å²) in [5, 5.41) is 0.762. The molecule has 0 N–H and O–H groups in total. The lowest BCUT2D eigenvalue weighted by atomic mass is 10.2. The van der Waals surface area contributed by atoms with E-state index in [0.29, 0.717) is 0 Å². The monoisotopic (exact) mass is 142 g/mol. The molecule has 0 spiro atoms. The zero-order valence-corrected chi connectivity index (χ0v) is 6.57. The summed E-state index contributed by atoms with van der Waals surface area (Å²) in [6.07, 6.45) is 5.66. The molecule has 0 saturated heterocycles. The van der Waals surface area contributed by atoms with Crippen molar-refractivity contribution in [1.29, 1.82) is 0 Å². The Kier molecular flexibility index (Phi) is 4.16. The van der Waals surface area contributed by atoms with Gasteiger partial charge in [0.1, 0.15) is 0 Å². The highest BCUT2D eigenvalue weighted by molar-refractivity contribution is 6.29. The Morgan fingerprint density at radius 1 is 1.56 bits per heavy atom. The van der Waals surface area contributed by atoms with Gasteiger partial charge in [-0.3, -0.25) is 0 Å². The van der Waals surface area contributed by atoms with Crippen LogP contribution in [0, 0.1) is 0 Å². The Hall–Kier alpha value is -0.490. The second-order valence-electron chi connectivity index (χ2n) is 1.81. The highest BCUT2D eigenvalue weighted by atomic mass is 35.5. The van der Waals surface area contributed by atoms with E-state index in [2.05, 4.69) is 6.58 Å². The molecule has 0 aromatic carbocycles. The van der Waals surface area contributed by atoms with Crippen molar-refractivity contribution in [2.45, 2.75) is 13.8 Å². The summed E-state index contributed by atoms with van der Waals surface area (Å²) in [7, 11) is 0. The largest absolute Gasteiger partial charge is 0.0917 e. The van der Waals surface area contributed by atoms with Crippen LogP contribution in [0.1, 0.15) is 13.8 Å². The summed E-state index contributed by atoms with van der Waals surface area (Å²) >= 11 is 5.57. The normalized spacial score (nSPS) is 12.6. The van der Waals surface area contributed by atoms with Crippen LogP contribution in [0.4, 0.5) is 0 Å². The number of allylic oxidation sites excluding steroid dienone is 5. The lowest BCUT2D eigenvalue weighted by Gasteiger charge is -1.87. The summed E-state index contributed by atoms with van der Waals surface area (Å²) < 4.78 is 0. The third-order valence-electron chi connectivity index (χ3n) is 0.765. The second-order valence-corrected chi connectivity index (χ2v) is 2.40. The first-order valence-electron chi connectivity index (χ1n) is 2.82. The smallest absolute Gasteiger partial charge is 0.0155 e. The average Bonchev–Trinajstić information content (AvgIpc) is 1.63. The van der Waals surface area contributed by atoms with Crippen LogP contribution in [0.3, 0.4) is 0 Å². The predicted molar refractivity (Wildman–Crippen MR) is 43.6 cm³/mol. The fourth-order valence-electron chi connectivity index (χ4n) is 0.518. The topological polar surface area (TPSA) is 0 Å². The molecule has 0 atom stereocenters. The van der Waals surface area contributed by atoms with Crippen LogP contribution < -0.4 is 0 Å². The van der Waals surface area contributed by atoms with E-state index in [1.807, 2.05) is 32.1 Å². The van der Waals surface area contributed by atoms with Crippen molar-refractivity contribution < 1.29 is 0 Å². The van der Waals surface area contributed by atoms with Gasteiger partial charge < -0.3 is 0 Å². The second kappa shape index (κ2) is 4.39. The van der Waals surface area contributed by atoms with Gasteiger partial charge in [-0.05, 0) is 25.5 Å². The molecule has 0 bridgehead atoms. The first-order chi connectivity index (χ1) is 4.16. The quantitative estimate of drug-likeness (QED) is 0.520. The number of halogens is 1. The maximum Gasteiger partial charge on any atom is 0.0155 e. The Balaban J connectivity index is 3.93. The third kappa shape index (κ3) is 5.38. The molecule has 0 heterocycles. The van der Waals surface area contributed by atoms with Crippen LogP contribution in [0.15, 0.2) is 35.4 Å². The van der Waals surface area contributed by atoms with Crippen molar-refractivity contribution >= 4 is 11.6 Å². The van der Waals surface area contributed by atoms with Gasteiger partial charge in [-0.15, -0.1) is 0 Å². The van der Waals surface area contributed by atoms with E-state index < -0.39 is 0 Å². The van der Waals surface area contributed by atoms with Gasteiger partial charge in [-0.2, -0.15) is 0 Å². The highest BCUT2D eigenvalue weighted by Gasteiger charge is 1.80. The Morgan fingerprint density at radius 3 is 2.44 bits per heavy atom. The minimum atomic E-state index is 0.762. The lowest BCUT2D eigenvalue weighted by molar-refractivity contribution is 1.59. The number of hydrogen-bond donors (Lipinski definition) is 0. The molecule has 1 heteroatoms. The van der Waals surface area contributed by atoms with E-state index in [-0.39, 0.29) is 0 Å². The van der Waals surface area contributed by atoms with Gasteiger partial charge in [-0.25, -0.2) is 0 Å². The average molecular weight is 143 g/mol. The molecular weight excluding hydrogens is 132 g/mol. The molecule has 0 aliphatic heterocycles. The molecule has 0 radical (unpaired) electrons. The van der Waals surface area contributed by atoms with Gasteiger partial charge in [-0.1, -0.05) is 30.3 Å². The molecule has 9 heavy (non-hydrogen) atoms. The maximum atomic E-state index is 5.57. The van der Waals surface area contributed by atoms with Gasteiger partial charge in [0.2, 0.25) is 0 Å². The van der Waals surface area contributed by atoms with Crippen molar-refractivity contribution in [2.75, 3.05) is 0 Å². The molecule has 0 nitrogen and oxygen atoms in total. The Labute approximate surface area is 61.5 Å². The molecule has 0 fully saturated rings. The third-order valence-corrected chi connectivity index (χ3v) is 0.874. The first kappa shape index (κ1) is 8.51. The van der Waals surface area contributed by atoms with Crippen molar-refractivity contribution in [3.63, 3.8) is 0 Å². The lowest BCUT2D eigenvalue weighted by Crippen LogP contribution is -1.65. The summed E-state index contributed by atoms with van der Waals surface area (Å²) in [5.41, 5.74) is 0.935. The van der Waals surface area contributed by atoms with E-state index in [1.165, 1.54) is 0 Å². The van der Waals surface area contributed by atoms with Crippen LogP contribution in [-0.4, -0.2) is 0 Å². The van der Waals surface area contributed by atoms with E-state index in [1.54, 1.807) is 0 Å². The van der Waals surface area contributed by atoms with E-state index in [0.717, 1.165) is 10.6 Å². The summed E-state index contributed by atoms with van der Waals surface area (Å²) in [6.45, 7) is 7.51. The zero-order valence-electron chi connectivity index (χ0n) is 5.82. The van der Waals surface area contributed by atoms with Crippen LogP contribution >= 0.6 is 11.6 Å². The Morgan fingerprint density at radius 2 is 2.11 bits per heavy atom. The zero-order chi connectivity index (χ0) is 7.28. The van der Waals surface area contributed by atoms with Crippen LogP contribution in [0.5, 0.6) is 0 Å². The van der Waals surface area contributed by atoms with Gasteiger partial charge in [0.05, 0.1) is 0 Å². The predicted octanol–water partition coefficient (Wildman–Crippen LogP) is 3.26. The van der Waals surface area contributed by atoms with E-state index in [4.69, 9.17) is 11.6 Å². The van der Waals surface area contributed by atoms with Gasteiger partial charge in [0.15, 0.2) is 0 Å². The van der Waals surface area contributed by atoms with Crippen molar-refractivity contribution in [3.8, 4) is 0 Å². The van der Waals surface area contributed by atoms with Crippen LogP contribution in [0.2, 0.25) is 0 Å². The van der Waals surface area contributed by atoms with Crippen molar-refractivity contribution in [3.05, 3.63) is 35.4 Å². The van der Waals surface area contributed by atoms with E-state index in [9.17, 15) is 0 Å². The fraction of sp³-hybridized carbons (Fsp3) is 0.250. The van der Waals surface area contributed by atoms with Gasteiger partial charge >= 0.3 is 0 Å². The van der Waals surface area contributed by atoms with E-state index >= 15 is 0 Å². The molecular formula is C8H11Cl. The SMILES string of the molecule is C=C(/C=C/C)/C=C(\C)Cl. The minimum Gasteiger partial charge on any atom is -0.0917 e. The van der Waals surface area contributed by atoms with Crippen LogP contribution in [0.25, 0.3) is 0 Å². The molecule has 0 unspecified atom stereocenters. The fourth-order valence-corrected chi connectivity index (χ4v) is 0.658. The molecule has 0 aliphatic rings. The minimum absolute atomic E-state index is 0.762. The van der Waals surface area contributed by atoms with Crippen molar-refractivity contribution in [2.24, 2.45) is 0 Å². The summed E-state index contributed by atoms with van der Waals surface area (Å²) in [6, 6.07) is 0. The standard InChI is InChI=1S/C8H11Cl/c1-4-5-7(2)6-8(3)9/h4-6H,2H2,1,3H3/b5-4+,8-6+. The highest BCUT2D eigenvalue weighted by Crippen LogP contribution is 2.04. The molecule has 0 aromatic rings. The van der Waals surface area contributed by atoms with Crippen LogP contribution in [-0.2, 0) is 0 Å². The Bertz CT molecular complexity index is 148. The molecule has 0 aliphatic carbocycles. The summed E-state index contributed by atoms with van der Waals surface area (Å²) in [4.78, 5) is 0.